The Morgan fingerprint density at radius 2 is 1.90 bits per heavy atom. The van der Waals surface area contributed by atoms with E-state index in [4.69, 9.17) is 11.6 Å². The summed E-state index contributed by atoms with van der Waals surface area (Å²) in [7, 11) is 3.92. The first-order valence-corrected chi connectivity index (χ1v) is 10.8. The molecule has 0 aliphatic carbocycles. The lowest BCUT2D eigenvalue weighted by Crippen LogP contribution is -2.44. The number of carbonyl (C=O) groups is 1. The second kappa shape index (κ2) is 7.89. The zero-order chi connectivity index (χ0) is 20.7. The van der Waals surface area contributed by atoms with Gasteiger partial charge in [-0.25, -0.2) is 9.97 Å². The highest BCUT2D eigenvalue weighted by Gasteiger charge is 2.26. The van der Waals surface area contributed by atoms with Crippen LogP contribution in [0, 0.1) is 13.8 Å². The predicted molar refractivity (Wildman–Crippen MR) is 121 cm³/mol. The number of halogens is 1. The van der Waals surface area contributed by atoms with Gasteiger partial charge in [-0.15, -0.1) is 11.3 Å². The first-order valence-electron chi connectivity index (χ1n) is 9.58. The minimum Gasteiger partial charge on any atom is -0.353 e. The van der Waals surface area contributed by atoms with Gasteiger partial charge in [-0.3, -0.25) is 4.79 Å². The Morgan fingerprint density at radius 1 is 1.17 bits per heavy atom. The molecule has 1 amide bonds. The summed E-state index contributed by atoms with van der Waals surface area (Å²) in [6, 6.07) is 5.59. The van der Waals surface area contributed by atoms with Crippen molar-refractivity contribution in [2.24, 2.45) is 0 Å². The van der Waals surface area contributed by atoms with Crippen LogP contribution in [0.5, 0.6) is 0 Å². The molecule has 0 saturated carbocycles. The van der Waals surface area contributed by atoms with Gasteiger partial charge < -0.3 is 14.7 Å². The van der Waals surface area contributed by atoms with E-state index in [-0.39, 0.29) is 5.91 Å². The number of benzene rings is 1. The van der Waals surface area contributed by atoms with E-state index in [1.807, 2.05) is 32.0 Å². The third-order valence-electron chi connectivity index (χ3n) is 5.54. The summed E-state index contributed by atoms with van der Waals surface area (Å²) >= 11 is 7.59. The van der Waals surface area contributed by atoms with E-state index in [9.17, 15) is 4.79 Å². The fraction of sp³-hybridized carbons (Fsp3) is 0.381. The lowest BCUT2D eigenvalue weighted by molar-refractivity contribution is 0.0996. The molecule has 4 rings (SSSR count). The van der Waals surface area contributed by atoms with Crippen molar-refractivity contribution in [3.8, 4) is 0 Å². The average molecular weight is 430 g/mol. The smallest absolute Gasteiger partial charge is 0.268 e. The molecule has 3 heterocycles. The fourth-order valence-corrected chi connectivity index (χ4v) is 5.01. The molecule has 1 aliphatic rings. The number of likely N-dealkylation sites (N-methyl/N-ethyl adjacent to an activating group) is 1. The summed E-state index contributed by atoms with van der Waals surface area (Å²) in [5.41, 5.74) is 2.75. The molecule has 6 nitrogen and oxygen atoms in total. The maximum absolute atomic E-state index is 13.4. The molecule has 1 aromatic carbocycles. The zero-order valence-corrected chi connectivity index (χ0v) is 18.6. The second-order valence-corrected chi connectivity index (χ2v) is 8.95. The molecule has 3 aromatic rings. The largest absolute Gasteiger partial charge is 0.353 e. The minimum absolute atomic E-state index is 0.0554. The van der Waals surface area contributed by atoms with Crippen molar-refractivity contribution in [2.75, 3.05) is 50.1 Å². The molecule has 0 unspecified atom stereocenters. The van der Waals surface area contributed by atoms with Crippen molar-refractivity contribution in [1.29, 1.82) is 0 Å². The topological polar surface area (TPSA) is 52.6 Å². The Hall–Kier alpha value is -2.22. The van der Waals surface area contributed by atoms with Gasteiger partial charge in [0.1, 0.15) is 17.0 Å². The molecule has 0 atom stereocenters. The zero-order valence-electron chi connectivity index (χ0n) is 17.1. The van der Waals surface area contributed by atoms with Crippen molar-refractivity contribution >= 4 is 50.6 Å². The molecule has 0 radical (unpaired) electrons. The summed E-state index contributed by atoms with van der Waals surface area (Å²) in [4.78, 5) is 30.2. The van der Waals surface area contributed by atoms with Gasteiger partial charge in [0.25, 0.3) is 5.91 Å². The van der Waals surface area contributed by atoms with Crippen LogP contribution in [-0.4, -0.2) is 61.0 Å². The Kier molecular flexibility index (Phi) is 5.46. The van der Waals surface area contributed by atoms with E-state index >= 15 is 0 Å². The number of fused-ring (bicyclic) bond motifs is 1. The molecular weight excluding hydrogens is 406 g/mol. The minimum atomic E-state index is -0.0554. The predicted octanol–water partition coefficient (Wildman–Crippen LogP) is 3.99. The number of nitrogens with zero attached hydrogens (tertiary/aromatic N) is 5. The summed E-state index contributed by atoms with van der Waals surface area (Å²) in [5.74, 6) is 0.873. The average Bonchev–Trinajstić information content (AvgIpc) is 3.06. The van der Waals surface area contributed by atoms with Crippen LogP contribution in [0.15, 0.2) is 24.5 Å². The van der Waals surface area contributed by atoms with E-state index in [0.717, 1.165) is 59.0 Å². The van der Waals surface area contributed by atoms with E-state index in [1.54, 1.807) is 18.3 Å². The second-order valence-electron chi connectivity index (χ2n) is 7.52. The molecule has 8 heteroatoms. The van der Waals surface area contributed by atoms with Crippen LogP contribution in [0.3, 0.4) is 0 Å². The van der Waals surface area contributed by atoms with E-state index in [0.29, 0.717) is 9.90 Å². The number of amides is 1. The van der Waals surface area contributed by atoms with Crippen molar-refractivity contribution in [1.82, 2.24) is 14.9 Å². The number of aromatic nitrogens is 2. The molecule has 0 N–H and O–H groups in total. The first kappa shape index (κ1) is 20.1. The van der Waals surface area contributed by atoms with Crippen LogP contribution in [0.25, 0.3) is 10.2 Å². The lowest BCUT2D eigenvalue weighted by Gasteiger charge is -2.33. The maximum Gasteiger partial charge on any atom is 0.268 e. The third kappa shape index (κ3) is 3.70. The van der Waals surface area contributed by atoms with Crippen molar-refractivity contribution in [2.45, 2.75) is 13.8 Å². The molecule has 1 fully saturated rings. The monoisotopic (exact) mass is 429 g/mol. The Morgan fingerprint density at radius 3 is 2.62 bits per heavy atom. The Labute approximate surface area is 179 Å². The number of hydrogen-bond donors (Lipinski definition) is 0. The number of carbonyl (C=O) groups excluding carboxylic acids is 1. The molecule has 0 spiro atoms. The first-order chi connectivity index (χ1) is 13.9. The van der Waals surface area contributed by atoms with Gasteiger partial charge in [0, 0.05) is 43.9 Å². The van der Waals surface area contributed by atoms with Crippen LogP contribution in [0.4, 0.5) is 11.5 Å². The van der Waals surface area contributed by atoms with Gasteiger partial charge in [0.15, 0.2) is 0 Å². The highest BCUT2D eigenvalue weighted by atomic mass is 35.5. The Bertz CT molecular complexity index is 1070. The van der Waals surface area contributed by atoms with Gasteiger partial charge in [-0.2, -0.15) is 0 Å². The molecule has 29 heavy (non-hydrogen) atoms. The number of anilines is 2. The summed E-state index contributed by atoms with van der Waals surface area (Å²) in [6.45, 7) is 7.80. The molecular formula is C21H24ClN5OS. The van der Waals surface area contributed by atoms with Crippen LogP contribution in [-0.2, 0) is 0 Å². The molecule has 1 saturated heterocycles. The normalized spacial score (nSPS) is 15.1. The van der Waals surface area contributed by atoms with E-state index < -0.39 is 0 Å². The van der Waals surface area contributed by atoms with Gasteiger partial charge in [-0.1, -0.05) is 17.7 Å². The molecule has 0 bridgehead atoms. The quantitative estimate of drug-likeness (QED) is 0.630. The van der Waals surface area contributed by atoms with Gasteiger partial charge in [0.05, 0.1) is 10.3 Å². The van der Waals surface area contributed by atoms with E-state index in [1.165, 1.54) is 11.3 Å². The van der Waals surface area contributed by atoms with Crippen LogP contribution in [0.1, 0.15) is 20.8 Å². The van der Waals surface area contributed by atoms with Crippen molar-refractivity contribution < 1.29 is 4.79 Å². The van der Waals surface area contributed by atoms with Crippen LogP contribution in [0.2, 0.25) is 5.02 Å². The Balaban J connectivity index is 1.73. The van der Waals surface area contributed by atoms with Crippen molar-refractivity contribution in [3.05, 3.63) is 45.6 Å². The molecule has 152 valence electrons. The summed E-state index contributed by atoms with van der Waals surface area (Å²) in [6.07, 6.45) is 1.60. The molecule has 1 aliphatic heterocycles. The van der Waals surface area contributed by atoms with E-state index in [2.05, 4.69) is 26.8 Å². The highest BCUT2D eigenvalue weighted by molar-refractivity contribution is 7.20. The van der Waals surface area contributed by atoms with Gasteiger partial charge >= 0.3 is 0 Å². The number of thiophene rings is 1. The number of aryl methyl sites for hydroxylation is 2. The number of rotatable bonds is 3. The maximum atomic E-state index is 13.4. The lowest BCUT2D eigenvalue weighted by atomic mass is 10.1. The van der Waals surface area contributed by atoms with Crippen molar-refractivity contribution in [3.63, 3.8) is 0 Å². The summed E-state index contributed by atoms with van der Waals surface area (Å²) < 4.78 is 0. The van der Waals surface area contributed by atoms with Crippen LogP contribution >= 0.6 is 22.9 Å². The summed E-state index contributed by atoms with van der Waals surface area (Å²) in [5, 5.41) is 1.60. The highest BCUT2D eigenvalue weighted by Crippen LogP contribution is 2.36. The standard InChI is InChI=1S/C21H24ClN5OS/c1-13-5-6-15(22)11-16(13)26(4)21(28)18-14(2)17-19(23-12-24-20(17)29-18)27-9-7-25(3)8-10-27/h5-6,11-12H,7-10H2,1-4H3. The fourth-order valence-electron chi connectivity index (χ4n) is 3.72. The third-order valence-corrected chi connectivity index (χ3v) is 6.96. The van der Waals surface area contributed by atoms with Gasteiger partial charge in [0.2, 0.25) is 0 Å². The molecule has 2 aromatic heterocycles. The van der Waals surface area contributed by atoms with Crippen LogP contribution < -0.4 is 9.80 Å². The number of hydrogen-bond acceptors (Lipinski definition) is 6. The SMILES string of the molecule is Cc1ccc(Cl)cc1N(C)C(=O)c1sc2ncnc(N3CCN(C)CC3)c2c1C. The van der Waals surface area contributed by atoms with Gasteiger partial charge in [-0.05, 0) is 44.2 Å². The number of piperazine rings is 1.